The molecule has 2 unspecified atom stereocenters. The van der Waals surface area contributed by atoms with Crippen molar-refractivity contribution in [3.63, 3.8) is 0 Å². The number of ether oxygens (including phenoxy) is 3. The van der Waals surface area contributed by atoms with E-state index in [9.17, 15) is 19.5 Å². The number of aliphatic carboxylic acids is 1. The first-order valence-electron chi connectivity index (χ1n) is 25.8. The summed E-state index contributed by atoms with van der Waals surface area (Å²) in [6.07, 6.45) is 56.8. The van der Waals surface area contributed by atoms with E-state index in [0.29, 0.717) is 12.8 Å². The fourth-order valence-electron chi connectivity index (χ4n) is 7.45. The lowest BCUT2D eigenvalue weighted by molar-refractivity contribution is -0.889. The Morgan fingerprint density at radius 1 is 0.492 bits per heavy atom. The minimum atomic E-state index is -1.13. The third-order valence-corrected chi connectivity index (χ3v) is 11.4. The predicted molar refractivity (Wildman–Crippen MR) is 263 cm³/mol. The Bertz CT molecular complexity index is 1210. The number of carboxylic acid groups (broad SMARTS) is 1. The Kier molecular flexibility index (Phi) is 43.4. The number of unbranched alkanes of at least 4 members (excludes halogenated alkanes) is 22. The number of allylic oxidation sites excluding steroid dienone is 10. The van der Waals surface area contributed by atoms with E-state index in [4.69, 9.17) is 14.2 Å². The summed E-state index contributed by atoms with van der Waals surface area (Å²) in [5.74, 6) is -1.76. The molecule has 0 saturated heterocycles. The van der Waals surface area contributed by atoms with Gasteiger partial charge in [-0.3, -0.25) is 9.59 Å². The van der Waals surface area contributed by atoms with Crippen molar-refractivity contribution >= 4 is 17.9 Å². The molecule has 0 heterocycles. The van der Waals surface area contributed by atoms with Gasteiger partial charge in [0, 0.05) is 19.3 Å². The van der Waals surface area contributed by atoms with Crippen LogP contribution in [0.15, 0.2) is 60.8 Å². The zero-order valence-electron chi connectivity index (χ0n) is 41.5. The van der Waals surface area contributed by atoms with Crippen molar-refractivity contribution in [1.29, 1.82) is 0 Å². The Labute approximate surface area is 388 Å². The summed E-state index contributed by atoms with van der Waals surface area (Å²) in [6.45, 7) is 4.55. The van der Waals surface area contributed by atoms with Crippen molar-refractivity contribution in [2.75, 3.05) is 41.0 Å². The third kappa shape index (κ3) is 44.0. The summed E-state index contributed by atoms with van der Waals surface area (Å²) >= 11 is 0. The van der Waals surface area contributed by atoms with Gasteiger partial charge in [0.15, 0.2) is 6.10 Å². The highest BCUT2D eigenvalue weighted by molar-refractivity contribution is 5.70. The van der Waals surface area contributed by atoms with Crippen molar-refractivity contribution in [1.82, 2.24) is 0 Å². The molecule has 0 aromatic carbocycles. The molecular formula is C55H97NO7. The van der Waals surface area contributed by atoms with Gasteiger partial charge in [-0.25, -0.2) is 0 Å². The van der Waals surface area contributed by atoms with E-state index < -0.39 is 18.1 Å². The highest BCUT2D eigenvalue weighted by Crippen LogP contribution is 2.16. The molecule has 0 saturated carbocycles. The van der Waals surface area contributed by atoms with Crippen molar-refractivity contribution in [2.24, 2.45) is 0 Å². The van der Waals surface area contributed by atoms with Crippen LogP contribution in [0.25, 0.3) is 0 Å². The molecule has 0 spiro atoms. The number of quaternary nitrogens is 1. The van der Waals surface area contributed by atoms with Gasteiger partial charge in [-0.1, -0.05) is 203 Å². The Morgan fingerprint density at radius 2 is 0.889 bits per heavy atom. The number of carbonyl (C=O) groups excluding carboxylic acids is 3. The summed E-state index contributed by atoms with van der Waals surface area (Å²) in [5.41, 5.74) is 0. The molecule has 0 aliphatic rings. The van der Waals surface area contributed by atoms with Gasteiger partial charge in [0.05, 0.1) is 40.3 Å². The van der Waals surface area contributed by atoms with E-state index in [0.717, 1.165) is 83.5 Å². The fraction of sp³-hybridized carbons (Fsp3) is 0.764. The summed E-state index contributed by atoms with van der Waals surface area (Å²) in [5, 5.41) is 11.7. The van der Waals surface area contributed by atoms with Crippen LogP contribution in [0.4, 0.5) is 0 Å². The van der Waals surface area contributed by atoms with E-state index in [2.05, 4.69) is 74.6 Å². The topological polar surface area (TPSA) is 102 Å². The lowest BCUT2D eigenvalue weighted by Gasteiger charge is -2.34. The average Bonchev–Trinajstić information content (AvgIpc) is 3.24. The maximum atomic E-state index is 12.8. The Morgan fingerprint density at radius 3 is 1.32 bits per heavy atom. The molecule has 0 rings (SSSR count). The van der Waals surface area contributed by atoms with Crippen molar-refractivity contribution in [3.05, 3.63) is 60.8 Å². The minimum Gasteiger partial charge on any atom is -0.544 e. The van der Waals surface area contributed by atoms with Crippen LogP contribution in [0.5, 0.6) is 0 Å². The minimum absolute atomic E-state index is 0.0327. The second-order valence-corrected chi connectivity index (χ2v) is 18.4. The van der Waals surface area contributed by atoms with Gasteiger partial charge in [0.25, 0.3) is 0 Å². The summed E-state index contributed by atoms with van der Waals surface area (Å²) in [4.78, 5) is 37.0. The van der Waals surface area contributed by atoms with E-state index >= 15 is 0 Å². The molecule has 0 bridgehead atoms. The standard InChI is InChI=1S/C55H97NO7/c1-6-8-10-12-14-16-18-20-22-24-26-28-29-31-33-35-37-39-41-43-45-53(57)62-50-51(49-61-48-47-52(55(59)60)56(3,4)5)63-54(58)46-44-42-40-38-36-34-32-30-27-25-23-21-19-17-15-13-11-9-7-2/h8,10,14,16,20,22,26,28,31,33,51-52H,6-7,9,11-13,15,17-19,21,23-25,27,29-30,32,34-50H2,1-5H3/b10-8+,16-14+,22-20+,28-26+,33-31+. The summed E-state index contributed by atoms with van der Waals surface area (Å²) in [7, 11) is 5.41. The monoisotopic (exact) mass is 884 g/mol. The van der Waals surface area contributed by atoms with Crippen molar-refractivity contribution < 1.29 is 38.2 Å². The SMILES string of the molecule is CC/C=C/C/C=C/C/C=C/C/C=C/C/C=C/CCCCCCC(=O)OCC(COCCC(C(=O)[O-])[N+](C)(C)C)OC(=O)CCCCCCCCCCCCCCCCCCCCC. The first-order chi connectivity index (χ1) is 30.6. The predicted octanol–water partition coefficient (Wildman–Crippen LogP) is 13.6. The number of carboxylic acids is 1. The first kappa shape index (κ1) is 60.0. The van der Waals surface area contributed by atoms with Gasteiger partial charge in [-0.15, -0.1) is 0 Å². The normalized spacial score (nSPS) is 13.3. The largest absolute Gasteiger partial charge is 0.544 e. The van der Waals surface area contributed by atoms with E-state index in [1.54, 1.807) is 21.1 Å². The molecule has 0 aliphatic carbocycles. The number of nitrogens with zero attached hydrogens (tertiary/aromatic N) is 1. The first-order valence-corrected chi connectivity index (χ1v) is 25.8. The molecule has 0 fully saturated rings. The molecule has 364 valence electrons. The highest BCUT2D eigenvalue weighted by Gasteiger charge is 2.25. The maximum Gasteiger partial charge on any atom is 0.306 e. The molecule has 0 aromatic rings. The van der Waals surface area contributed by atoms with Crippen LogP contribution in [0.2, 0.25) is 0 Å². The fourth-order valence-corrected chi connectivity index (χ4v) is 7.45. The van der Waals surface area contributed by atoms with Crippen LogP contribution in [-0.4, -0.2) is 75.5 Å². The number of esters is 2. The summed E-state index contributed by atoms with van der Waals surface area (Å²) < 4.78 is 17.2. The Hall–Kier alpha value is -2.97. The molecular weight excluding hydrogens is 787 g/mol. The smallest absolute Gasteiger partial charge is 0.306 e. The van der Waals surface area contributed by atoms with Gasteiger partial charge in [0.2, 0.25) is 0 Å². The molecule has 63 heavy (non-hydrogen) atoms. The average molecular weight is 884 g/mol. The highest BCUT2D eigenvalue weighted by atomic mass is 16.6. The van der Waals surface area contributed by atoms with Crippen molar-refractivity contribution in [3.8, 4) is 0 Å². The number of likely N-dealkylation sites (N-methyl/N-ethyl adjacent to an activating group) is 1. The van der Waals surface area contributed by atoms with Crippen LogP contribution in [0.3, 0.4) is 0 Å². The number of carbonyl (C=O) groups is 3. The van der Waals surface area contributed by atoms with Crippen LogP contribution >= 0.6 is 0 Å². The third-order valence-electron chi connectivity index (χ3n) is 11.4. The number of hydrogen-bond acceptors (Lipinski definition) is 7. The Balaban J connectivity index is 4.29. The number of hydrogen-bond donors (Lipinski definition) is 0. The quantitative estimate of drug-likeness (QED) is 0.0260. The van der Waals surface area contributed by atoms with Crippen LogP contribution in [-0.2, 0) is 28.6 Å². The lowest BCUT2D eigenvalue weighted by Crippen LogP contribution is -2.55. The molecule has 0 amide bonds. The number of rotatable bonds is 46. The van der Waals surface area contributed by atoms with Crippen LogP contribution < -0.4 is 5.11 Å². The maximum absolute atomic E-state index is 12.8. The van der Waals surface area contributed by atoms with E-state index in [-0.39, 0.29) is 42.7 Å². The van der Waals surface area contributed by atoms with E-state index in [1.165, 1.54) is 103 Å². The zero-order valence-corrected chi connectivity index (χ0v) is 41.5. The molecule has 0 aliphatic heterocycles. The lowest BCUT2D eigenvalue weighted by atomic mass is 10.0. The van der Waals surface area contributed by atoms with Gasteiger partial charge in [0.1, 0.15) is 12.6 Å². The molecule has 0 N–H and O–H groups in total. The second kappa shape index (κ2) is 45.6. The second-order valence-electron chi connectivity index (χ2n) is 18.4. The molecule has 0 radical (unpaired) electrons. The molecule has 0 aromatic heterocycles. The molecule has 8 heteroatoms. The van der Waals surface area contributed by atoms with Gasteiger partial charge in [-0.05, 0) is 57.8 Å². The van der Waals surface area contributed by atoms with E-state index in [1.807, 2.05) is 0 Å². The van der Waals surface area contributed by atoms with Crippen molar-refractivity contribution in [2.45, 2.75) is 231 Å². The molecule has 2 atom stereocenters. The van der Waals surface area contributed by atoms with Crippen LogP contribution in [0, 0.1) is 0 Å². The van der Waals surface area contributed by atoms with Gasteiger partial charge >= 0.3 is 11.9 Å². The van der Waals surface area contributed by atoms with Gasteiger partial charge < -0.3 is 28.6 Å². The van der Waals surface area contributed by atoms with Gasteiger partial charge in [-0.2, -0.15) is 0 Å². The molecule has 8 nitrogen and oxygen atoms in total. The summed E-state index contributed by atoms with van der Waals surface area (Å²) in [6, 6.07) is -0.731. The zero-order chi connectivity index (χ0) is 46.3. The van der Waals surface area contributed by atoms with Crippen LogP contribution in [0.1, 0.15) is 219 Å².